The molecule has 12 atom stereocenters. The molecule has 0 unspecified atom stereocenters. The van der Waals surface area contributed by atoms with Gasteiger partial charge in [-0.15, -0.1) is 0 Å². The number of benzene rings is 1. The van der Waals surface area contributed by atoms with Gasteiger partial charge < -0.3 is 105 Å². The fourth-order valence-electron chi connectivity index (χ4n) is 10.0. The van der Waals surface area contributed by atoms with Crippen LogP contribution in [0.1, 0.15) is 96.5 Å². The summed E-state index contributed by atoms with van der Waals surface area (Å²) in [6, 6.07) is -12.8. The number of amides is 12. The van der Waals surface area contributed by atoms with Crippen molar-refractivity contribution in [3.05, 3.63) is 23.4 Å². The maximum absolute atomic E-state index is 14.4. The minimum atomic E-state index is -1.96. The molecule has 39 nitrogen and oxygen atoms in total. The Morgan fingerprint density at radius 2 is 1.27 bits per heavy atom. The van der Waals surface area contributed by atoms with E-state index in [0.29, 0.717) is 0 Å². The Balaban J connectivity index is 1.61. The molecule has 522 valence electrons. The number of aromatic hydroxyl groups is 2. The normalized spacial score (nSPS) is 21.2. The molecule has 0 spiro atoms. The molecule has 0 radical (unpaired) electrons. The number of nitrogens with zero attached hydrogens (tertiary/aromatic N) is 4. The molecule has 2 saturated heterocycles. The Bertz CT molecular complexity index is 2930. The zero-order valence-electron chi connectivity index (χ0n) is 51.5. The van der Waals surface area contributed by atoms with Crippen LogP contribution in [0.25, 0.3) is 6.08 Å². The van der Waals surface area contributed by atoms with E-state index < -0.39 is 188 Å². The van der Waals surface area contributed by atoms with Crippen LogP contribution in [0.2, 0.25) is 0 Å². The summed E-state index contributed by atoms with van der Waals surface area (Å²) in [5.41, 5.74) is 11.4. The highest BCUT2D eigenvalue weighted by molar-refractivity contribution is 5.99. The number of guanidine groups is 1. The van der Waals surface area contributed by atoms with Crippen LogP contribution < -0.4 is 74.9 Å². The minimum absolute atomic E-state index is 0.0108. The van der Waals surface area contributed by atoms with Crippen molar-refractivity contribution >= 4 is 95.6 Å². The topological polar surface area (TPSA) is 610 Å². The van der Waals surface area contributed by atoms with Crippen LogP contribution in [0.5, 0.6) is 11.5 Å². The lowest BCUT2D eigenvalue weighted by molar-refractivity contribution is -0.150. The number of aliphatic hydroxyl groups excluding tert-OH is 4. The average Bonchev–Trinajstić information content (AvgIpc) is 0.751. The Hall–Kier alpha value is -9.54. The lowest BCUT2D eigenvalue weighted by Crippen LogP contribution is -2.66. The van der Waals surface area contributed by atoms with Crippen LogP contribution in [0, 0.1) is 0 Å². The van der Waals surface area contributed by atoms with Gasteiger partial charge in [0.25, 0.3) is 0 Å². The lowest BCUT2D eigenvalue weighted by Gasteiger charge is -2.47. The molecule has 0 aromatic heterocycles. The highest BCUT2D eigenvalue weighted by atomic mass is 16.5. The molecule has 1 aromatic rings. The molecule has 24 N–H and O–H groups in total. The van der Waals surface area contributed by atoms with E-state index in [-0.39, 0.29) is 130 Å². The number of aliphatic imine (C=N–C) groups is 1. The van der Waals surface area contributed by atoms with Gasteiger partial charge in [0, 0.05) is 44.2 Å². The van der Waals surface area contributed by atoms with Crippen LogP contribution in [0.4, 0.5) is 5.69 Å². The van der Waals surface area contributed by atoms with Crippen molar-refractivity contribution in [2.45, 2.75) is 164 Å². The number of hydroxylamine groups is 4. The number of hydrogen-bond acceptors (Lipinski definition) is 24. The number of aliphatic hydroxyl groups is 4. The third kappa shape index (κ3) is 23.5. The van der Waals surface area contributed by atoms with Crippen molar-refractivity contribution < 1.29 is 108 Å². The Morgan fingerprint density at radius 1 is 0.702 bits per heavy atom. The van der Waals surface area contributed by atoms with Crippen molar-refractivity contribution in [2.75, 3.05) is 50.8 Å². The first-order chi connectivity index (χ1) is 44.5. The molecular formula is C55H85N17O22. The molecule has 1 aromatic carbocycles. The molecule has 3 aliphatic heterocycles. The third-order valence-electron chi connectivity index (χ3n) is 15.0. The number of carbonyl (C=O) groups is 13. The number of aliphatic carboxylic acids is 1. The SMILES string of the molecule is C[C@@H](O)[C@@H]1NC(=O)[C@@H](CCCN(O)C=O)NC(=O)[C@H](NC(=O)[C@@H](CCCN(O)C=O)NC(=O)[C@@H](CO)NC(=O)[C@@H](CCCN=C(N)N)NC(=O)[C@@H](CO)NC(=O)[C@H]2CCN[C@@H]3C(NC(=O)CCC(=O)O)=Cc4cc(O)c(O)cc4N23)CCCCNC(=O)[C@@H]([C@@H](C)O)NC1=O. The number of rotatable bonds is 32. The minimum Gasteiger partial charge on any atom is -0.504 e. The van der Waals surface area contributed by atoms with Gasteiger partial charge in [-0.25, -0.2) is 10.1 Å². The largest absolute Gasteiger partial charge is 0.504 e. The van der Waals surface area contributed by atoms with E-state index in [4.69, 9.17) is 16.6 Å². The lowest BCUT2D eigenvalue weighted by atomic mass is 9.96. The molecule has 39 heteroatoms. The van der Waals surface area contributed by atoms with Gasteiger partial charge in [0.15, 0.2) is 17.5 Å². The van der Waals surface area contributed by atoms with Gasteiger partial charge in [0.05, 0.1) is 43.2 Å². The molecule has 0 bridgehead atoms. The van der Waals surface area contributed by atoms with Gasteiger partial charge >= 0.3 is 5.97 Å². The number of carboxylic acid groups (broad SMARTS) is 1. The molecule has 4 rings (SSSR count). The second-order valence-electron chi connectivity index (χ2n) is 22.3. The molecule has 2 fully saturated rings. The van der Waals surface area contributed by atoms with E-state index in [1.165, 1.54) is 17.9 Å². The van der Waals surface area contributed by atoms with Crippen molar-refractivity contribution in [1.29, 1.82) is 0 Å². The zero-order valence-corrected chi connectivity index (χ0v) is 51.5. The summed E-state index contributed by atoms with van der Waals surface area (Å²) in [7, 11) is 0. The van der Waals surface area contributed by atoms with Crippen molar-refractivity contribution in [1.82, 2.24) is 68.6 Å². The number of carboxylic acids is 1. The summed E-state index contributed by atoms with van der Waals surface area (Å²) in [6.45, 7) is -0.921. The summed E-state index contributed by atoms with van der Waals surface area (Å²) in [5.74, 6) is -13.3. The Morgan fingerprint density at radius 3 is 1.87 bits per heavy atom. The van der Waals surface area contributed by atoms with E-state index in [0.717, 1.165) is 19.1 Å². The fourth-order valence-corrected chi connectivity index (χ4v) is 10.0. The summed E-state index contributed by atoms with van der Waals surface area (Å²) in [4.78, 5) is 178. The van der Waals surface area contributed by atoms with E-state index >= 15 is 0 Å². The number of carbonyl (C=O) groups excluding carboxylic acids is 12. The summed E-state index contributed by atoms with van der Waals surface area (Å²) in [5, 5.41) is 120. The molecule has 0 saturated carbocycles. The molecular weight excluding hydrogens is 1250 g/mol. The first-order valence-electron chi connectivity index (χ1n) is 30.0. The number of anilines is 1. The second kappa shape index (κ2) is 37.8. The number of phenols is 2. The number of nitrogens with one attached hydrogen (secondary N) is 11. The quantitative estimate of drug-likeness (QED) is 0.00606. The average molecular weight is 1340 g/mol. The first kappa shape index (κ1) is 76.9. The second-order valence-corrected chi connectivity index (χ2v) is 22.3. The first-order valence-corrected chi connectivity index (χ1v) is 30.0. The van der Waals surface area contributed by atoms with Crippen LogP contribution in [0.3, 0.4) is 0 Å². The Kier molecular flexibility index (Phi) is 31.0. The van der Waals surface area contributed by atoms with E-state index in [1.807, 2.05) is 0 Å². The molecule has 3 heterocycles. The van der Waals surface area contributed by atoms with Crippen LogP contribution >= 0.6 is 0 Å². The third-order valence-corrected chi connectivity index (χ3v) is 15.0. The predicted molar refractivity (Wildman–Crippen MR) is 323 cm³/mol. The van der Waals surface area contributed by atoms with Gasteiger partial charge in [-0.2, -0.15) is 0 Å². The standard InChI is InChI=1S/C55H85N17O22/c1-27(77)43-53(91)59-15-4-3-8-30(46(84)63-33(11-7-19-71(94)26-76)49(87)68-44(28(2)78)54(92)69-43)62-47(85)32(10-6-18-70(93)25-75)65-50(88)35(23-73)66-48(86)31(9-5-16-60-55(56)57)64-51(89)36(24-74)67-52(90)37-14-17-58-45-34(61-41(81)12-13-42(82)83)20-29-21-39(79)40(80)22-38(29)72(37)45/h20-22,25-28,30-33,35-37,43-45,58,73-74,77-80,93-94H,3-19,23-24H2,1-2H3,(H,59,91)(H,61,81)(H,62,85)(H,63,84)(H,64,89)(H,65,88)(H,66,86)(H,67,90)(H,68,87)(H,69,92)(H,82,83)(H4,56,57,60)/t27-,28-,30-,31-,32-,33-,35-,36-,37-,43-,44+,45+/m1/s1. The molecule has 3 aliphatic rings. The monoisotopic (exact) mass is 1340 g/mol. The highest BCUT2D eigenvalue weighted by Gasteiger charge is 2.43. The number of fused-ring (bicyclic) bond motifs is 3. The van der Waals surface area contributed by atoms with Crippen LogP contribution in [-0.4, -0.2) is 259 Å². The van der Waals surface area contributed by atoms with Crippen LogP contribution in [-0.2, 0) is 62.3 Å². The summed E-state index contributed by atoms with van der Waals surface area (Å²) >= 11 is 0. The predicted octanol–water partition coefficient (Wildman–Crippen LogP) is -8.84. The van der Waals surface area contributed by atoms with Gasteiger partial charge in [0.2, 0.25) is 71.9 Å². The Labute approximate surface area is 537 Å². The van der Waals surface area contributed by atoms with Crippen molar-refractivity contribution in [3.63, 3.8) is 0 Å². The number of nitrogens with two attached hydrogens (primary N) is 2. The molecule has 0 aliphatic carbocycles. The van der Waals surface area contributed by atoms with Crippen molar-refractivity contribution in [2.24, 2.45) is 16.5 Å². The zero-order chi connectivity index (χ0) is 69.9. The van der Waals surface area contributed by atoms with Gasteiger partial charge in [-0.3, -0.25) is 83.1 Å². The summed E-state index contributed by atoms with van der Waals surface area (Å²) < 4.78 is 0. The number of phenolic OH excluding ortho intramolecular Hbond substituents is 2. The maximum atomic E-state index is 14.4. The summed E-state index contributed by atoms with van der Waals surface area (Å²) in [6.07, 6.45) is -5.32. The highest BCUT2D eigenvalue weighted by Crippen LogP contribution is 2.41. The molecule has 94 heavy (non-hydrogen) atoms. The van der Waals surface area contributed by atoms with E-state index in [9.17, 15) is 103 Å². The van der Waals surface area contributed by atoms with Crippen molar-refractivity contribution in [3.8, 4) is 11.5 Å². The van der Waals surface area contributed by atoms with Gasteiger partial charge in [0.1, 0.15) is 60.5 Å². The van der Waals surface area contributed by atoms with E-state index in [1.54, 1.807) is 0 Å². The van der Waals surface area contributed by atoms with E-state index in [2.05, 4.69) is 63.5 Å². The van der Waals surface area contributed by atoms with Gasteiger partial charge in [-0.05, 0) is 96.7 Å². The maximum Gasteiger partial charge on any atom is 0.303 e. The van der Waals surface area contributed by atoms with Crippen LogP contribution in [0.15, 0.2) is 22.8 Å². The molecule has 12 amide bonds. The number of hydrogen-bond donors (Lipinski definition) is 22. The van der Waals surface area contributed by atoms with Gasteiger partial charge in [-0.1, -0.05) is 0 Å². The smallest absolute Gasteiger partial charge is 0.303 e. The fraction of sp³-hybridized carbons (Fsp3) is 0.600.